The molecule has 4 nitrogen and oxygen atoms in total. The molecule has 6 heteroatoms. The minimum absolute atomic E-state index is 0.0810. The number of para-hydroxylation sites is 1. The zero-order valence-corrected chi connectivity index (χ0v) is 19.3. The van der Waals surface area contributed by atoms with E-state index in [0.29, 0.717) is 18.9 Å². The number of aromatic nitrogens is 2. The van der Waals surface area contributed by atoms with Gasteiger partial charge in [-0.3, -0.25) is 14.7 Å². The van der Waals surface area contributed by atoms with Gasteiger partial charge in [-0.2, -0.15) is 0 Å². The molecule has 0 aliphatic rings. The lowest BCUT2D eigenvalue weighted by molar-refractivity contribution is -0.118. The number of rotatable bonds is 8. The van der Waals surface area contributed by atoms with Gasteiger partial charge in [0.2, 0.25) is 5.91 Å². The summed E-state index contributed by atoms with van der Waals surface area (Å²) in [6.45, 7) is 4.82. The Kier molecular flexibility index (Phi) is 6.99. The number of hydrogen-bond donors (Lipinski definition) is 0. The van der Waals surface area contributed by atoms with Crippen LogP contribution in [0.2, 0.25) is 0 Å². The van der Waals surface area contributed by atoms with Crippen LogP contribution in [0, 0.1) is 0 Å². The summed E-state index contributed by atoms with van der Waals surface area (Å²) in [6, 6.07) is 20.4. The van der Waals surface area contributed by atoms with E-state index >= 15 is 0 Å². The van der Waals surface area contributed by atoms with Crippen LogP contribution in [0.5, 0.6) is 0 Å². The fraction of sp³-hybridized carbons (Fsp3) is 0.240. The molecular weight excluding hydrogens is 422 g/mol. The Morgan fingerprint density at radius 2 is 1.90 bits per heavy atom. The molecule has 0 spiro atoms. The van der Waals surface area contributed by atoms with Crippen LogP contribution < -0.4 is 4.90 Å². The molecule has 158 valence electrons. The zero-order valence-electron chi connectivity index (χ0n) is 17.7. The van der Waals surface area contributed by atoms with Gasteiger partial charge in [0.15, 0.2) is 5.13 Å². The molecule has 0 bridgehead atoms. The summed E-state index contributed by atoms with van der Waals surface area (Å²) in [4.78, 5) is 25.4. The van der Waals surface area contributed by atoms with Crippen molar-refractivity contribution in [2.45, 2.75) is 37.6 Å². The van der Waals surface area contributed by atoms with Crippen LogP contribution in [0.4, 0.5) is 5.13 Å². The predicted octanol–water partition coefficient (Wildman–Crippen LogP) is 6.53. The summed E-state index contributed by atoms with van der Waals surface area (Å²) in [7, 11) is 0. The van der Waals surface area contributed by atoms with Gasteiger partial charge in [0.1, 0.15) is 0 Å². The number of nitrogens with zero attached hydrogens (tertiary/aromatic N) is 3. The van der Waals surface area contributed by atoms with Gasteiger partial charge in [0.25, 0.3) is 0 Å². The SMILES string of the molecule is CC(C)c1cccc2sc(N(Cc3cccnc3)C(=O)CCSc3ccccc3)nc12. The Balaban J connectivity index is 1.59. The van der Waals surface area contributed by atoms with Crippen LogP contribution in [0.25, 0.3) is 10.2 Å². The van der Waals surface area contributed by atoms with Gasteiger partial charge in [0, 0.05) is 29.5 Å². The first-order valence-corrected chi connectivity index (χ1v) is 12.2. The molecule has 4 aromatic rings. The maximum Gasteiger partial charge on any atom is 0.229 e. The van der Waals surface area contributed by atoms with E-state index in [0.717, 1.165) is 26.7 Å². The molecule has 0 atom stereocenters. The fourth-order valence-electron chi connectivity index (χ4n) is 3.38. The lowest BCUT2D eigenvalue weighted by Crippen LogP contribution is -2.30. The van der Waals surface area contributed by atoms with Crippen LogP contribution in [-0.4, -0.2) is 21.6 Å². The van der Waals surface area contributed by atoms with Crippen LogP contribution in [-0.2, 0) is 11.3 Å². The minimum atomic E-state index is 0.0810. The first-order valence-electron chi connectivity index (χ1n) is 10.4. The Morgan fingerprint density at radius 3 is 2.65 bits per heavy atom. The first kappa shape index (κ1) is 21.5. The highest BCUT2D eigenvalue weighted by Gasteiger charge is 2.21. The van der Waals surface area contributed by atoms with E-state index < -0.39 is 0 Å². The average Bonchev–Trinajstić information content (AvgIpc) is 3.22. The van der Waals surface area contributed by atoms with Crippen molar-refractivity contribution >= 4 is 44.4 Å². The zero-order chi connectivity index (χ0) is 21.6. The maximum absolute atomic E-state index is 13.3. The largest absolute Gasteiger partial charge is 0.284 e. The Bertz CT molecular complexity index is 1140. The van der Waals surface area contributed by atoms with Crippen molar-refractivity contribution in [3.8, 4) is 0 Å². The number of benzene rings is 2. The number of thioether (sulfide) groups is 1. The molecule has 0 aliphatic carbocycles. The third kappa shape index (κ3) is 5.32. The van der Waals surface area contributed by atoms with E-state index in [-0.39, 0.29) is 5.91 Å². The summed E-state index contributed by atoms with van der Waals surface area (Å²) in [5.41, 5.74) is 3.21. The molecule has 31 heavy (non-hydrogen) atoms. The van der Waals surface area contributed by atoms with Gasteiger partial charge in [-0.05, 0) is 41.3 Å². The summed E-state index contributed by atoms with van der Waals surface area (Å²) in [6.07, 6.45) is 4.01. The van der Waals surface area contributed by atoms with E-state index in [9.17, 15) is 4.79 Å². The number of carbonyl (C=O) groups is 1. The molecule has 0 radical (unpaired) electrons. The molecule has 0 saturated heterocycles. The fourth-order valence-corrected chi connectivity index (χ4v) is 5.26. The second-order valence-electron chi connectivity index (χ2n) is 7.60. The van der Waals surface area contributed by atoms with Gasteiger partial charge in [-0.1, -0.05) is 61.6 Å². The monoisotopic (exact) mass is 447 g/mol. The molecule has 2 heterocycles. The van der Waals surface area contributed by atoms with Gasteiger partial charge in [0.05, 0.1) is 16.8 Å². The van der Waals surface area contributed by atoms with E-state index in [4.69, 9.17) is 4.98 Å². The van der Waals surface area contributed by atoms with Crippen LogP contribution >= 0.6 is 23.1 Å². The smallest absolute Gasteiger partial charge is 0.229 e. The van der Waals surface area contributed by atoms with Crippen molar-refractivity contribution in [1.29, 1.82) is 0 Å². The Hall–Kier alpha value is -2.70. The molecular formula is C25H25N3OS2. The average molecular weight is 448 g/mol. The minimum Gasteiger partial charge on any atom is -0.284 e. The van der Waals surface area contributed by atoms with Crippen LogP contribution in [0.3, 0.4) is 0 Å². The number of thiazole rings is 1. The highest BCUT2D eigenvalue weighted by Crippen LogP contribution is 2.34. The molecule has 0 N–H and O–H groups in total. The summed E-state index contributed by atoms with van der Waals surface area (Å²) < 4.78 is 1.11. The highest BCUT2D eigenvalue weighted by molar-refractivity contribution is 7.99. The highest BCUT2D eigenvalue weighted by atomic mass is 32.2. The number of fused-ring (bicyclic) bond motifs is 1. The van der Waals surface area contributed by atoms with Gasteiger partial charge < -0.3 is 0 Å². The van der Waals surface area contributed by atoms with Crippen molar-refractivity contribution in [3.05, 3.63) is 84.2 Å². The summed E-state index contributed by atoms with van der Waals surface area (Å²) in [5.74, 6) is 1.19. The quantitative estimate of drug-likeness (QED) is 0.288. The van der Waals surface area contributed by atoms with Crippen LogP contribution in [0.1, 0.15) is 37.3 Å². The number of amides is 1. The lowest BCUT2D eigenvalue weighted by atomic mass is 10.0. The van der Waals surface area contributed by atoms with E-state index in [1.54, 1.807) is 29.3 Å². The molecule has 0 fully saturated rings. The number of hydrogen-bond acceptors (Lipinski definition) is 5. The first-order chi connectivity index (χ1) is 15.1. The van der Waals surface area contributed by atoms with Gasteiger partial charge >= 0.3 is 0 Å². The lowest BCUT2D eigenvalue weighted by Gasteiger charge is -2.20. The van der Waals surface area contributed by atoms with Crippen molar-refractivity contribution in [1.82, 2.24) is 9.97 Å². The summed E-state index contributed by atoms with van der Waals surface area (Å²) in [5, 5.41) is 0.752. The molecule has 0 aliphatic heterocycles. The van der Waals surface area contributed by atoms with Crippen molar-refractivity contribution in [2.24, 2.45) is 0 Å². The molecule has 2 aromatic heterocycles. The number of carbonyl (C=O) groups excluding carboxylic acids is 1. The molecule has 0 saturated carbocycles. The third-order valence-electron chi connectivity index (χ3n) is 4.98. The standard InChI is InChI=1S/C25H25N3OS2/c1-18(2)21-11-6-12-22-24(21)27-25(31-22)28(17-19-8-7-14-26-16-19)23(29)13-15-30-20-9-4-3-5-10-20/h3-12,14,16,18H,13,15,17H2,1-2H3. The van der Waals surface area contributed by atoms with Gasteiger partial charge in [-0.25, -0.2) is 4.98 Å². The normalized spacial score (nSPS) is 11.2. The number of anilines is 1. The molecule has 2 aromatic carbocycles. The second-order valence-corrected chi connectivity index (χ2v) is 9.78. The Labute approximate surface area is 191 Å². The molecule has 4 rings (SSSR count). The Morgan fingerprint density at radius 1 is 1.06 bits per heavy atom. The van der Waals surface area contributed by atoms with E-state index in [1.165, 1.54) is 10.5 Å². The van der Waals surface area contributed by atoms with E-state index in [1.807, 2.05) is 41.4 Å². The van der Waals surface area contributed by atoms with E-state index in [2.05, 4.69) is 49.2 Å². The molecule has 0 unspecified atom stereocenters. The van der Waals surface area contributed by atoms with Gasteiger partial charge in [-0.15, -0.1) is 11.8 Å². The molecule has 1 amide bonds. The van der Waals surface area contributed by atoms with Crippen molar-refractivity contribution in [3.63, 3.8) is 0 Å². The van der Waals surface area contributed by atoms with Crippen molar-refractivity contribution < 1.29 is 4.79 Å². The van der Waals surface area contributed by atoms with Crippen molar-refractivity contribution in [2.75, 3.05) is 10.7 Å². The topological polar surface area (TPSA) is 46.1 Å². The predicted molar refractivity (Wildman–Crippen MR) is 131 cm³/mol. The summed E-state index contributed by atoms with van der Waals surface area (Å²) >= 11 is 3.28. The third-order valence-corrected chi connectivity index (χ3v) is 7.04. The maximum atomic E-state index is 13.3. The second kappa shape index (κ2) is 10.1. The number of pyridine rings is 1. The van der Waals surface area contributed by atoms with Crippen LogP contribution in [0.15, 0.2) is 78.0 Å².